The maximum Gasteiger partial charge on any atom is 0.184 e. The molecule has 25 heavy (non-hydrogen) atoms. The van der Waals surface area contributed by atoms with Crippen molar-refractivity contribution in [3.63, 3.8) is 0 Å². The topological polar surface area (TPSA) is 70.6 Å². The quantitative estimate of drug-likeness (QED) is 0.561. The van der Waals surface area contributed by atoms with Crippen LogP contribution < -0.4 is 11.2 Å². The lowest BCUT2D eigenvalue weighted by Gasteiger charge is -2.57. The van der Waals surface area contributed by atoms with Gasteiger partial charge in [-0.25, -0.2) is 0 Å². The van der Waals surface area contributed by atoms with E-state index in [9.17, 15) is 5.11 Å². The van der Waals surface area contributed by atoms with Crippen LogP contribution in [0.1, 0.15) is 56.4 Å². The van der Waals surface area contributed by atoms with Crippen molar-refractivity contribution in [1.29, 1.82) is 0 Å². The minimum atomic E-state index is -0.646. The summed E-state index contributed by atoms with van der Waals surface area (Å²) in [5.41, 5.74) is 10.2. The van der Waals surface area contributed by atoms with Crippen molar-refractivity contribution in [3.05, 3.63) is 35.9 Å². The molecular weight excluding hydrogens is 330 g/mol. The lowest BCUT2D eigenvalue weighted by atomic mass is 9.49. The highest BCUT2D eigenvalue weighted by atomic mass is 32.1. The highest BCUT2D eigenvalue weighted by Crippen LogP contribution is 2.58. The second-order valence-corrected chi connectivity index (χ2v) is 8.32. The van der Waals surface area contributed by atoms with Crippen LogP contribution in [0.15, 0.2) is 35.4 Å². The van der Waals surface area contributed by atoms with E-state index in [1.165, 1.54) is 12.0 Å². The molecular formula is C20H27N3OS. The normalized spacial score (nSPS) is 38.8. The van der Waals surface area contributed by atoms with Crippen molar-refractivity contribution >= 4 is 23.0 Å². The number of fused-ring (bicyclic) bond motifs is 4. The number of nitrogens with one attached hydrogen (secondary N) is 1. The molecule has 1 aromatic carbocycles. The summed E-state index contributed by atoms with van der Waals surface area (Å²) in [7, 11) is 0. The molecule has 0 saturated heterocycles. The standard InChI is InChI=1S/C20H27N3OS/c21-19(25)23-22-18-14-9-6-11-16(18)20(24)12-5-4-10-15(20)17(14)13-7-2-1-3-8-13/h1-3,7-8,14-17,24H,4-6,9-12H2,(H3,21,23,25)/b22-18-/t14-,15-,16+,17+,20-/m1/s1. The molecule has 4 N–H and O–H groups in total. The SMILES string of the molecule is NC(=S)N/N=C1/[C@@H]2CCC[C@@H]1[C@@]1(O)CCCC[C@@H]1[C@H]2c1ccccc1. The van der Waals surface area contributed by atoms with Crippen LogP contribution >= 0.6 is 12.2 Å². The maximum absolute atomic E-state index is 11.8. The van der Waals surface area contributed by atoms with Crippen LogP contribution in [0.4, 0.5) is 0 Å². The van der Waals surface area contributed by atoms with Crippen molar-refractivity contribution in [2.45, 2.75) is 56.5 Å². The number of nitrogens with zero attached hydrogens (tertiary/aromatic N) is 1. The third-order valence-corrected chi connectivity index (χ3v) is 6.77. The van der Waals surface area contributed by atoms with Crippen molar-refractivity contribution < 1.29 is 5.11 Å². The Morgan fingerprint density at radius 2 is 1.96 bits per heavy atom. The third-order valence-electron chi connectivity index (χ3n) is 6.68. The molecule has 0 amide bonds. The molecule has 0 heterocycles. The van der Waals surface area contributed by atoms with E-state index in [4.69, 9.17) is 18.0 Å². The molecule has 0 unspecified atom stereocenters. The smallest absolute Gasteiger partial charge is 0.184 e. The second-order valence-electron chi connectivity index (χ2n) is 7.88. The number of thiocarbonyl (C=S) groups is 1. The summed E-state index contributed by atoms with van der Waals surface area (Å²) < 4.78 is 0. The van der Waals surface area contributed by atoms with Gasteiger partial charge >= 0.3 is 0 Å². The first-order valence-corrected chi connectivity index (χ1v) is 9.92. The average molecular weight is 358 g/mol. The number of nitrogens with two attached hydrogens (primary N) is 1. The monoisotopic (exact) mass is 357 g/mol. The van der Waals surface area contributed by atoms with Gasteiger partial charge in [-0.3, -0.25) is 5.43 Å². The van der Waals surface area contributed by atoms with Crippen LogP contribution in [-0.4, -0.2) is 21.5 Å². The van der Waals surface area contributed by atoms with Gasteiger partial charge in [0.05, 0.1) is 5.60 Å². The van der Waals surface area contributed by atoms with Gasteiger partial charge in [0.15, 0.2) is 5.11 Å². The van der Waals surface area contributed by atoms with Crippen LogP contribution in [-0.2, 0) is 0 Å². The molecule has 0 aliphatic heterocycles. The van der Waals surface area contributed by atoms with Crippen molar-refractivity contribution in [3.8, 4) is 0 Å². The van der Waals surface area contributed by atoms with E-state index in [1.54, 1.807) is 0 Å². The van der Waals surface area contributed by atoms with E-state index < -0.39 is 5.60 Å². The Labute approximate surface area is 154 Å². The fourth-order valence-corrected chi connectivity index (χ4v) is 5.84. The molecule has 3 saturated carbocycles. The molecule has 5 atom stereocenters. The van der Waals surface area contributed by atoms with E-state index in [0.29, 0.717) is 17.8 Å². The minimum absolute atomic E-state index is 0.137. The molecule has 134 valence electrons. The molecule has 1 aromatic rings. The number of hydrogen-bond donors (Lipinski definition) is 3. The molecule has 4 nitrogen and oxygen atoms in total. The largest absolute Gasteiger partial charge is 0.389 e. The Kier molecular flexibility index (Phi) is 4.54. The van der Waals surface area contributed by atoms with Crippen molar-refractivity contribution in [1.82, 2.24) is 5.43 Å². The Bertz CT molecular complexity index is 677. The molecule has 3 aliphatic carbocycles. The van der Waals surface area contributed by atoms with Crippen LogP contribution in [0.3, 0.4) is 0 Å². The third kappa shape index (κ3) is 2.87. The molecule has 0 radical (unpaired) electrons. The number of hydrazone groups is 1. The van der Waals surface area contributed by atoms with E-state index in [2.05, 4.69) is 40.9 Å². The van der Waals surface area contributed by atoms with Crippen LogP contribution in [0.5, 0.6) is 0 Å². The van der Waals surface area contributed by atoms with Gasteiger partial charge in [0.2, 0.25) is 0 Å². The van der Waals surface area contributed by atoms with Crippen LogP contribution in [0, 0.1) is 17.8 Å². The van der Waals surface area contributed by atoms with Gasteiger partial charge in [0.25, 0.3) is 0 Å². The first-order chi connectivity index (χ1) is 12.1. The number of benzene rings is 1. The van der Waals surface area contributed by atoms with Gasteiger partial charge in [0.1, 0.15) is 0 Å². The predicted octanol–water partition coefficient (Wildman–Crippen LogP) is 3.31. The molecule has 5 heteroatoms. The van der Waals surface area contributed by atoms with E-state index in [-0.39, 0.29) is 11.0 Å². The van der Waals surface area contributed by atoms with Gasteiger partial charge in [-0.1, -0.05) is 49.6 Å². The fourth-order valence-electron chi connectivity index (χ4n) is 5.80. The van der Waals surface area contributed by atoms with E-state index in [0.717, 1.165) is 44.2 Å². The highest BCUT2D eigenvalue weighted by molar-refractivity contribution is 7.80. The molecule has 0 spiro atoms. The molecule has 0 aromatic heterocycles. The van der Waals surface area contributed by atoms with Crippen LogP contribution in [0.25, 0.3) is 0 Å². The zero-order valence-corrected chi connectivity index (χ0v) is 15.3. The molecule has 3 aliphatic rings. The van der Waals surface area contributed by atoms with Gasteiger partial charge in [-0.2, -0.15) is 5.10 Å². The summed E-state index contributed by atoms with van der Waals surface area (Å²) in [6.07, 6.45) is 7.60. The van der Waals surface area contributed by atoms with E-state index >= 15 is 0 Å². The zero-order valence-electron chi connectivity index (χ0n) is 14.5. The van der Waals surface area contributed by atoms with Crippen LogP contribution in [0.2, 0.25) is 0 Å². The molecule has 2 bridgehead atoms. The Balaban J connectivity index is 1.81. The van der Waals surface area contributed by atoms with Crippen molar-refractivity contribution in [2.24, 2.45) is 28.6 Å². The van der Waals surface area contributed by atoms with Gasteiger partial charge in [-0.05, 0) is 55.3 Å². The number of rotatable bonds is 2. The summed E-state index contributed by atoms with van der Waals surface area (Å²) in [5, 5.41) is 16.6. The van der Waals surface area contributed by atoms with Crippen molar-refractivity contribution in [2.75, 3.05) is 0 Å². The molecule has 3 fully saturated rings. The minimum Gasteiger partial charge on any atom is -0.389 e. The first kappa shape index (κ1) is 17.0. The highest BCUT2D eigenvalue weighted by Gasteiger charge is 2.58. The summed E-state index contributed by atoms with van der Waals surface area (Å²) in [5.74, 6) is 1.16. The summed E-state index contributed by atoms with van der Waals surface area (Å²) in [4.78, 5) is 0. The summed E-state index contributed by atoms with van der Waals surface area (Å²) in [6, 6.07) is 10.7. The number of hydrogen-bond acceptors (Lipinski definition) is 3. The Morgan fingerprint density at radius 3 is 2.72 bits per heavy atom. The Hall–Kier alpha value is -1.46. The lowest BCUT2D eigenvalue weighted by molar-refractivity contribution is -0.111. The predicted molar refractivity (Wildman–Crippen MR) is 104 cm³/mol. The fraction of sp³-hybridized carbons (Fsp3) is 0.600. The average Bonchev–Trinajstić information content (AvgIpc) is 2.62. The first-order valence-electron chi connectivity index (χ1n) is 9.51. The zero-order chi connectivity index (χ0) is 17.4. The Morgan fingerprint density at radius 1 is 1.16 bits per heavy atom. The number of aliphatic hydroxyl groups is 1. The molecule has 4 rings (SSSR count). The van der Waals surface area contributed by atoms with E-state index in [1.807, 2.05) is 0 Å². The van der Waals surface area contributed by atoms with Gasteiger partial charge < -0.3 is 10.8 Å². The van der Waals surface area contributed by atoms with Gasteiger partial charge in [-0.15, -0.1) is 0 Å². The maximum atomic E-state index is 11.8. The second kappa shape index (κ2) is 6.69. The lowest BCUT2D eigenvalue weighted by Crippen LogP contribution is -2.61. The summed E-state index contributed by atoms with van der Waals surface area (Å²) in [6.45, 7) is 0. The summed E-state index contributed by atoms with van der Waals surface area (Å²) >= 11 is 4.96. The van der Waals surface area contributed by atoms with Gasteiger partial charge in [0, 0.05) is 17.5 Å².